The molecule has 0 spiro atoms. The molecule has 160 valence electrons. The lowest BCUT2D eigenvalue weighted by Gasteiger charge is -2.13. The van der Waals surface area contributed by atoms with Crippen molar-refractivity contribution in [1.82, 2.24) is 10.2 Å². The van der Waals surface area contributed by atoms with Gasteiger partial charge < -0.3 is 20.3 Å². The molecule has 0 amide bonds. The zero-order valence-corrected chi connectivity index (χ0v) is 18.4. The smallest absolute Gasteiger partial charge is 0.165 e. The first-order chi connectivity index (χ1) is 14.3. The van der Waals surface area contributed by atoms with E-state index in [1.807, 2.05) is 26.8 Å². The highest BCUT2D eigenvalue weighted by Crippen LogP contribution is 2.36. The summed E-state index contributed by atoms with van der Waals surface area (Å²) in [5.74, 6) is 0.155. The van der Waals surface area contributed by atoms with E-state index in [2.05, 4.69) is 10.2 Å². The molecular formula is C21H23ClFN3O3S. The summed E-state index contributed by atoms with van der Waals surface area (Å²) in [6.07, 6.45) is 0.0191. The average Bonchev–Trinajstić information content (AvgIpc) is 3.19. The maximum Gasteiger partial charge on any atom is 0.165 e. The zero-order chi connectivity index (χ0) is 21.8. The molecule has 0 aliphatic carbocycles. The molecule has 0 aliphatic rings. The van der Waals surface area contributed by atoms with Crippen LogP contribution in [-0.4, -0.2) is 40.7 Å². The summed E-state index contributed by atoms with van der Waals surface area (Å²) in [4.78, 5) is 0. The van der Waals surface area contributed by atoms with Crippen LogP contribution < -0.4 is 15.2 Å². The number of ether oxygens (including phenoxy) is 2. The van der Waals surface area contributed by atoms with E-state index in [0.29, 0.717) is 26.4 Å². The van der Waals surface area contributed by atoms with Crippen molar-refractivity contribution in [3.8, 4) is 32.6 Å². The minimum Gasteiger partial charge on any atom is -0.489 e. The zero-order valence-electron chi connectivity index (χ0n) is 16.9. The average molecular weight is 452 g/mol. The lowest BCUT2D eigenvalue weighted by molar-refractivity contribution is 0.202. The summed E-state index contributed by atoms with van der Waals surface area (Å²) < 4.78 is 25.5. The van der Waals surface area contributed by atoms with Gasteiger partial charge in [-0.2, -0.15) is 0 Å². The fourth-order valence-electron chi connectivity index (χ4n) is 2.68. The maximum atomic E-state index is 14.5. The van der Waals surface area contributed by atoms with Gasteiger partial charge >= 0.3 is 0 Å². The van der Waals surface area contributed by atoms with Crippen LogP contribution in [0.2, 0.25) is 5.02 Å². The van der Waals surface area contributed by atoms with Crippen molar-refractivity contribution in [2.75, 3.05) is 13.2 Å². The van der Waals surface area contributed by atoms with E-state index >= 15 is 0 Å². The molecule has 0 saturated heterocycles. The molecule has 0 fully saturated rings. The number of halogens is 2. The van der Waals surface area contributed by atoms with Crippen molar-refractivity contribution >= 4 is 22.9 Å². The molecular weight excluding hydrogens is 429 g/mol. The van der Waals surface area contributed by atoms with Crippen LogP contribution in [0.3, 0.4) is 0 Å². The topological polar surface area (TPSA) is 90.5 Å². The number of nitrogens with two attached hydrogens (primary N) is 1. The lowest BCUT2D eigenvalue weighted by atomic mass is 10.1. The summed E-state index contributed by atoms with van der Waals surface area (Å²) in [7, 11) is 0. The van der Waals surface area contributed by atoms with Crippen molar-refractivity contribution in [3.05, 3.63) is 46.7 Å². The summed E-state index contributed by atoms with van der Waals surface area (Å²) in [6, 6.07) is 7.82. The molecule has 3 rings (SSSR count). The van der Waals surface area contributed by atoms with Gasteiger partial charge in [-0.25, -0.2) is 4.39 Å². The third kappa shape index (κ3) is 5.26. The van der Waals surface area contributed by atoms with Gasteiger partial charge in [0.25, 0.3) is 0 Å². The number of aromatic nitrogens is 2. The Kier molecular flexibility index (Phi) is 7.25. The van der Waals surface area contributed by atoms with Crippen molar-refractivity contribution in [3.63, 3.8) is 0 Å². The molecule has 30 heavy (non-hydrogen) atoms. The Morgan fingerprint density at radius 2 is 1.90 bits per heavy atom. The largest absolute Gasteiger partial charge is 0.489 e. The highest BCUT2D eigenvalue weighted by atomic mass is 35.5. The van der Waals surface area contributed by atoms with Gasteiger partial charge in [0.05, 0.1) is 23.8 Å². The Labute approximate surface area is 183 Å². The molecule has 0 aliphatic heterocycles. The van der Waals surface area contributed by atoms with E-state index in [4.69, 9.17) is 31.9 Å². The van der Waals surface area contributed by atoms with Gasteiger partial charge in [0.15, 0.2) is 11.6 Å². The van der Waals surface area contributed by atoms with Gasteiger partial charge in [0.2, 0.25) is 0 Å². The second-order valence-corrected chi connectivity index (χ2v) is 8.46. The van der Waals surface area contributed by atoms with Gasteiger partial charge in [-0.3, -0.25) is 0 Å². The van der Waals surface area contributed by atoms with Crippen LogP contribution in [0.25, 0.3) is 21.1 Å². The van der Waals surface area contributed by atoms with Crippen molar-refractivity contribution < 1.29 is 19.0 Å². The molecule has 1 atom stereocenters. The van der Waals surface area contributed by atoms with E-state index in [1.165, 1.54) is 17.4 Å². The Hall–Kier alpha value is -2.26. The van der Waals surface area contributed by atoms with Crippen LogP contribution in [0.4, 0.5) is 4.39 Å². The van der Waals surface area contributed by atoms with Crippen LogP contribution >= 0.6 is 22.9 Å². The Morgan fingerprint density at radius 1 is 1.17 bits per heavy atom. The third-order valence-electron chi connectivity index (χ3n) is 4.16. The van der Waals surface area contributed by atoms with E-state index in [9.17, 15) is 4.39 Å². The first-order valence-corrected chi connectivity index (χ1v) is 10.6. The second kappa shape index (κ2) is 9.70. The van der Waals surface area contributed by atoms with Gasteiger partial charge in [-0.15, -0.1) is 10.2 Å². The summed E-state index contributed by atoms with van der Waals surface area (Å²) >= 11 is 7.65. The minimum absolute atomic E-state index is 0.0191. The molecule has 0 unspecified atom stereocenters. The summed E-state index contributed by atoms with van der Waals surface area (Å²) in [6.45, 7) is 5.48. The SMILES string of the molecule is Cc1cc(OC[C@H](N)CO)c(F)cc1-c1nnc(-c2ccc(OC(C)C)c(Cl)c2)s1. The van der Waals surface area contributed by atoms with Crippen LogP contribution in [0.1, 0.15) is 19.4 Å². The minimum atomic E-state index is -0.570. The quantitative estimate of drug-likeness (QED) is 0.525. The Bertz CT molecular complexity index is 1030. The second-order valence-electron chi connectivity index (χ2n) is 7.08. The maximum absolute atomic E-state index is 14.5. The molecule has 0 saturated carbocycles. The van der Waals surface area contributed by atoms with Gasteiger partial charge in [-0.05, 0) is 56.7 Å². The number of hydrogen-bond acceptors (Lipinski definition) is 7. The number of nitrogens with zero attached hydrogens (tertiary/aromatic N) is 2. The van der Waals surface area contributed by atoms with Crippen molar-refractivity contribution in [2.24, 2.45) is 5.73 Å². The number of hydrogen-bond donors (Lipinski definition) is 2. The molecule has 0 bridgehead atoms. The fraction of sp³-hybridized carbons (Fsp3) is 0.333. The number of rotatable bonds is 8. The van der Waals surface area contributed by atoms with E-state index in [-0.39, 0.29) is 25.1 Å². The standard InChI is InChI=1S/C21H23ClFN3O3S/c1-11(2)29-18-5-4-13(7-16(18)22)20-25-26-21(30-20)15-8-17(23)19(6-12(15)3)28-10-14(24)9-27/h4-8,11,14,27H,9-10,24H2,1-3H3/t14-/m1/s1. The lowest BCUT2D eigenvalue weighted by Crippen LogP contribution is -2.31. The Balaban J connectivity index is 1.84. The Morgan fingerprint density at radius 3 is 2.57 bits per heavy atom. The summed E-state index contributed by atoms with van der Waals surface area (Å²) in [5, 5.41) is 19.1. The molecule has 6 nitrogen and oxygen atoms in total. The molecule has 1 aromatic heterocycles. The molecule has 0 radical (unpaired) electrons. The normalized spacial score (nSPS) is 12.3. The predicted molar refractivity (Wildman–Crippen MR) is 117 cm³/mol. The fourth-order valence-corrected chi connectivity index (χ4v) is 3.82. The first-order valence-electron chi connectivity index (χ1n) is 9.38. The monoisotopic (exact) mass is 451 g/mol. The van der Waals surface area contributed by atoms with Gasteiger partial charge in [0.1, 0.15) is 22.4 Å². The predicted octanol–water partition coefficient (Wildman–Crippen LogP) is 4.46. The van der Waals surface area contributed by atoms with Crippen LogP contribution in [-0.2, 0) is 0 Å². The van der Waals surface area contributed by atoms with Crippen LogP contribution in [0.15, 0.2) is 30.3 Å². The molecule has 9 heteroatoms. The third-order valence-corrected chi connectivity index (χ3v) is 5.46. The number of aliphatic hydroxyl groups excluding tert-OH is 1. The molecule has 1 heterocycles. The number of aliphatic hydroxyl groups is 1. The number of aryl methyl sites for hydroxylation is 1. The van der Waals surface area contributed by atoms with Gasteiger partial charge in [-0.1, -0.05) is 22.9 Å². The molecule has 2 aromatic carbocycles. The summed E-state index contributed by atoms with van der Waals surface area (Å²) in [5.41, 5.74) is 7.81. The number of benzene rings is 2. The van der Waals surface area contributed by atoms with Crippen LogP contribution in [0.5, 0.6) is 11.5 Å². The highest BCUT2D eigenvalue weighted by Gasteiger charge is 2.16. The first kappa shape index (κ1) is 22.4. The van der Waals surface area contributed by atoms with Crippen molar-refractivity contribution in [2.45, 2.75) is 32.9 Å². The van der Waals surface area contributed by atoms with Crippen molar-refractivity contribution in [1.29, 1.82) is 0 Å². The molecule has 3 N–H and O–H groups in total. The van der Waals surface area contributed by atoms with E-state index < -0.39 is 11.9 Å². The van der Waals surface area contributed by atoms with Gasteiger partial charge in [0, 0.05) is 11.1 Å². The van der Waals surface area contributed by atoms with Crippen LogP contribution in [0, 0.1) is 12.7 Å². The highest BCUT2D eigenvalue weighted by molar-refractivity contribution is 7.17. The molecule has 3 aromatic rings. The van der Waals surface area contributed by atoms with E-state index in [1.54, 1.807) is 18.2 Å². The van der Waals surface area contributed by atoms with E-state index in [0.717, 1.165) is 11.1 Å².